The first-order chi connectivity index (χ1) is 13.2. The van der Waals surface area contributed by atoms with Crippen LogP contribution >= 0.6 is 8.03 Å². The summed E-state index contributed by atoms with van der Waals surface area (Å²) >= 11 is 0. The molecule has 0 aliphatic heterocycles. The van der Waals surface area contributed by atoms with Gasteiger partial charge >= 0.3 is 8.03 Å². The van der Waals surface area contributed by atoms with Crippen LogP contribution in [-0.4, -0.2) is 10.4 Å². The van der Waals surface area contributed by atoms with Gasteiger partial charge in [0, 0.05) is 17.1 Å². The SMILES string of the molecule is CCC1C(C)=C(c2ccc(N)cc2)C(C)=CC1(C)N.O=[P+](O)c1ccccc1. The van der Waals surface area contributed by atoms with Crippen LogP contribution in [0.4, 0.5) is 5.69 Å². The molecule has 3 unspecified atom stereocenters. The number of benzene rings is 2. The van der Waals surface area contributed by atoms with Crippen molar-refractivity contribution < 1.29 is 9.46 Å². The largest absolute Gasteiger partial charge is 0.546 e. The Kier molecular flexibility index (Phi) is 7.31. The molecule has 0 spiro atoms. The molecular weight excluding hydrogens is 367 g/mol. The molecule has 3 rings (SSSR count). The van der Waals surface area contributed by atoms with E-state index in [0.29, 0.717) is 11.2 Å². The molecule has 148 valence electrons. The highest BCUT2D eigenvalue weighted by atomic mass is 31.1. The molecule has 0 heterocycles. The van der Waals surface area contributed by atoms with Gasteiger partial charge in [0.1, 0.15) is 0 Å². The van der Waals surface area contributed by atoms with Crippen LogP contribution in [0.1, 0.15) is 39.7 Å². The van der Waals surface area contributed by atoms with Gasteiger partial charge < -0.3 is 11.5 Å². The zero-order valence-corrected chi connectivity index (χ0v) is 17.9. The van der Waals surface area contributed by atoms with Gasteiger partial charge in [-0.15, -0.1) is 0 Å². The molecular formula is C23H30N2O2P+. The molecule has 2 aromatic rings. The molecule has 0 bridgehead atoms. The summed E-state index contributed by atoms with van der Waals surface area (Å²) in [5, 5.41) is 0.479. The maximum atomic E-state index is 10.3. The van der Waals surface area contributed by atoms with Gasteiger partial charge in [-0.05, 0) is 72.7 Å². The number of nitrogen functional groups attached to an aromatic ring is 1. The number of nitrogens with two attached hydrogens (primary N) is 2. The smallest absolute Gasteiger partial charge is 0.399 e. The number of anilines is 1. The van der Waals surface area contributed by atoms with E-state index in [9.17, 15) is 4.57 Å². The highest BCUT2D eigenvalue weighted by Gasteiger charge is 2.33. The second kappa shape index (κ2) is 9.29. The molecule has 0 saturated heterocycles. The normalized spacial score (nSPS) is 22.1. The summed E-state index contributed by atoms with van der Waals surface area (Å²) in [6, 6.07) is 16.6. The van der Waals surface area contributed by atoms with Crippen LogP contribution in [0.2, 0.25) is 0 Å². The second-order valence-electron chi connectivity index (χ2n) is 7.44. The summed E-state index contributed by atoms with van der Waals surface area (Å²) < 4.78 is 10.3. The highest BCUT2D eigenvalue weighted by Crippen LogP contribution is 2.41. The van der Waals surface area contributed by atoms with Crippen molar-refractivity contribution in [1.82, 2.24) is 0 Å². The average molecular weight is 397 g/mol. The predicted molar refractivity (Wildman–Crippen MR) is 119 cm³/mol. The molecule has 5 N–H and O–H groups in total. The summed E-state index contributed by atoms with van der Waals surface area (Å²) in [5.74, 6) is 0.392. The molecule has 2 aromatic carbocycles. The lowest BCUT2D eigenvalue weighted by atomic mass is 9.71. The lowest BCUT2D eigenvalue weighted by Crippen LogP contribution is -2.44. The summed E-state index contributed by atoms with van der Waals surface area (Å²) in [6.07, 6.45) is 3.26. The fourth-order valence-corrected chi connectivity index (χ4v) is 4.42. The van der Waals surface area contributed by atoms with Gasteiger partial charge in [0.25, 0.3) is 0 Å². The minimum Gasteiger partial charge on any atom is -0.399 e. The van der Waals surface area contributed by atoms with Crippen molar-refractivity contribution in [2.45, 2.75) is 39.7 Å². The van der Waals surface area contributed by atoms with Gasteiger partial charge in [-0.3, -0.25) is 0 Å². The number of hydrogen-bond acceptors (Lipinski definition) is 3. The Hall–Kier alpha value is -2.26. The van der Waals surface area contributed by atoms with Gasteiger partial charge in [-0.1, -0.05) is 48.9 Å². The van der Waals surface area contributed by atoms with Crippen molar-refractivity contribution in [3.63, 3.8) is 0 Å². The number of rotatable bonds is 3. The van der Waals surface area contributed by atoms with Crippen molar-refractivity contribution in [1.29, 1.82) is 0 Å². The molecule has 28 heavy (non-hydrogen) atoms. The van der Waals surface area contributed by atoms with Crippen molar-refractivity contribution in [3.05, 3.63) is 77.4 Å². The molecule has 0 saturated carbocycles. The minimum absolute atomic E-state index is 0.250. The lowest BCUT2D eigenvalue weighted by Gasteiger charge is -2.38. The molecule has 0 radical (unpaired) electrons. The monoisotopic (exact) mass is 397 g/mol. The summed E-state index contributed by atoms with van der Waals surface area (Å²) in [5.41, 5.74) is 18.0. The Labute approximate surface area is 168 Å². The van der Waals surface area contributed by atoms with Crippen LogP contribution in [0.15, 0.2) is 71.8 Å². The Balaban J connectivity index is 0.000000261. The third-order valence-electron chi connectivity index (χ3n) is 5.17. The molecule has 0 fully saturated rings. The Morgan fingerprint density at radius 2 is 1.64 bits per heavy atom. The van der Waals surface area contributed by atoms with E-state index in [0.717, 1.165) is 12.1 Å². The van der Waals surface area contributed by atoms with E-state index in [-0.39, 0.29) is 5.54 Å². The van der Waals surface area contributed by atoms with E-state index >= 15 is 0 Å². The van der Waals surface area contributed by atoms with Crippen molar-refractivity contribution >= 4 is 24.6 Å². The summed E-state index contributed by atoms with van der Waals surface area (Å²) in [7, 11) is -2.15. The molecule has 4 nitrogen and oxygen atoms in total. The molecule has 0 aromatic heterocycles. The van der Waals surface area contributed by atoms with E-state index in [1.165, 1.54) is 22.3 Å². The quantitative estimate of drug-likeness (QED) is 0.513. The van der Waals surface area contributed by atoms with Crippen LogP contribution in [0, 0.1) is 5.92 Å². The summed E-state index contributed by atoms with van der Waals surface area (Å²) in [4.78, 5) is 8.53. The van der Waals surface area contributed by atoms with Crippen LogP contribution in [0.3, 0.4) is 0 Å². The van der Waals surface area contributed by atoms with E-state index in [2.05, 4.69) is 45.9 Å². The first kappa shape index (κ1) is 22.0. The van der Waals surface area contributed by atoms with Gasteiger partial charge in [0.2, 0.25) is 5.30 Å². The Morgan fingerprint density at radius 1 is 1.07 bits per heavy atom. The molecule has 0 amide bonds. The molecule has 5 heteroatoms. The van der Waals surface area contributed by atoms with Crippen molar-refractivity contribution in [2.75, 3.05) is 5.73 Å². The summed E-state index contributed by atoms with van der Waals surface area (Å²) in [6.45, 7) is 8.68. The van der Waals surface area contributed by atoms with E-state index in [1.54, 1.807) is 24.3 Å². The zero-order valence-electron chi connectivity index (χ0n) is 17.0. The van der Waals surface area contributed by atoms with Crippen LogP contribution in [-0.2, 0) is 4.57 Å². The Bertz CT molecular complexity index is 885. The van der Waals surface area contributed by atoms with Crippen LogP contribution < -0.4 is 16.8 Å². The van der Waals surface area contributed by atoms with Gasteiger partial charge in [-0.2, -0.15) is 4.89 Å². The highest BCUT2D eigenvalue weighted by molar-refractivity contribution is 7.47. The van der Waals surface area contributed by atoms with Crippen LogP contribution in [0.5, 0.6) is 0 Å². The fraction of sp³-hybridized carbons (Fsp3) is 0.304. The minimum atomic E-state index is -2.15. The topological polar surface area (TPSA) is 89.3 Å². The maximum absolute atomic E-state index is 10.3. The predicted octanol–water partition coefficient (Wildman–Crippen LogP) is 4.79. The zero-order chi connectivity index (χ0) is 20.9. The standard InChI is InChI=1S/C17H24N2.C6H5O2P/c1-5-15-12(3)16(11(2)10-17(15,4)19)13-6-8-14(18)9-7-13;7-9(8)6-4-2-1-3-5-6/h6-10,15H,5,18-19H2,1-4H3;1-5H/p+1. The van der Waals surface area contributed by atoms with E-state index in [1.807, 2.05) is 18.2 Å². The molecule has 3 atom stereocenters. The Morgan fingerprint density at radius 3 is 2.11 bits per heavy atom. The second-order valence-corrected chi connectivity index (χ2v) is 8.50. The average Bonchev–Trinajstić information content (AvgIpc) is 2.64. The first-order valence-corrected chi connectivity index (χ1v) is 10.6. The van der Waals surface area contributed by atoms with Gasteiger partial charge in [0.05, 0.1) is 0 Å². The number of allylic oxidation sites excluding steroid dienone is 2. The molecule has 1 aliphatic rings. The van der Waals surface area contributed by atoms with Gasteiger partial charge in [0.15, 0.2) is 0 Å². The lowest BCUT2D eigenvalue weighted by molar-refractivity contribution is 0.393. The third kappa shape index (κ3) is 5.17. The van der Waals surface area contributed by atoms with Crippen LogP contribution in [0.25, 0.3) is 5.57 Å². The van der Waals surface area contributed by atoms with Crippen molar-refractivity contribution in [2.24, 2.45) is 11.7 Å². The van der Waals surface area contributed by atoms with E-state index in [4.69, 9.17) is 16.4 Å². The van der Waals surface area contributed by atoms with E-state index < -0.39 is 8.03 Å². The van der Waals surface area contributed by atoms with Crippen molar-refractivity contribution in [3.8, 4) is 0 Å². The molecule has 1 aliphatic carbocycles. The number of hydrogen-bond donors (Lipinski definition) is 3. The third-order valence-corrected chi connectivity index (χ3v) is 5.91. The maximum Gasteiger partial charge on any atom is 0.546 e. The first-order valence-electron chi connectivity index (χ1n) is 9.44. The van der Waals surface area contributed by atoms with Gasteiger partial charge in [-0.25, -0.2) is 0 Å². The fourth-order valence-electron chi connectivity index (χ4n) is 4.00.